The highest BCUT2D eigenvalue weighted by Crippen LogP contribution is 2.29. The molecule has 1 aromatic carbocycles. The van der Waals surface area contributed by atoms with Crippen LogP contribution in [0.2, 0.25) is 0 Å². The van der Waals surface area contributed by atoms with Gasteiger partial charge >= 0.3 is 0 Å². The summed E-state index contributed by atoms with van der Waals surface area (Å²) in [5.74, 6) is 0.109. The van der Waals surface area contributed by atoms with Crippen molar-refractivity contribution in [1.29, 1.82) is 0 Å². The first-order valence-electron chi connectivity index (χ1n) is 6.54. The van der Waals surface area contributed by atoms with Crippen molar-refractivity contribution in [2.75, 3.05) is 18.8 Å². The number of hydrogen-bond donors (Lipinski definition) is 1. The fourth-order valence-electron chi connectivity index (χ4n) is 2.72. The summed E-state index contributed by atoms with van der Waals surface area (Å²) in [5, 5.41) is 0. The van der Waals surface area contributed by atoms with E-state index < -0.39 is 0 Å². The van der Waals surface area contributed by atoms with E-state index in [0.29, 0.717) is 11.3 Å². The molecule has 2 N–H and O–H groups in total. The Kier molecular flexibility index (Phi) is 3.33. The fraction of sp³-hybridized carbons (Fsp3) is 0.533. The molecule has 1 saturated heterocycles. The molecular weight excluding hydrogens is 224 g/mol. The maximum Gasteiger partial charge on any atom is 0.253 e. The molecular formula is C15H22N2O. The van der Waals surface area contributed by atoms with E-state index in [1.165, 1.54) is 6.42 Å². The van der Waals surface area contributed by atoms with E-state index in [2.05, 4.69) is 13.8 Å². The van der Waals surface area contributed by atoms with Gasteiger partial charge in [-0.15, -0.1) is 0 Å². The average Bonchev–Trinajstić information content (AvgIpc) is 2.25. The van der Waals surface area contributed by atoms with Crippen molar-refractivity contribution in [2.45, 2.75) is 33.6 Å². The zero-order valence-electron chi connectivity index (χ0n) is 11.5. The number of carbonyl (C=O) groups excluding carboxylic acids is 1. The van der Waals surface area contributed by atoms with Crippen molar-refractivity contribution in [3.05, 3.63) is 29.3 Å². The number of amides is 1. The van der Waals surface area contributed by atoms with E-state index in [1.807, 2.05) is 24.0 Å². The molecule has 3 heteroatoms. The number of nitrogens with two attached hydrogens (primary N) is 1. The van der Waals surface area contributed by atoms with Crippen LogP contribution in [0.3, 0.4) is 0 Å². The fourth-order valence-corrected chi connectivity index (χ4v) is 2.72. The molecule has 0 saturated carbocycles. The van der Waals surface area contributed by atoms with Gasteiger partial charge in [-0.1, -0.05) is 13.8 Å². The Bertz CT molecular complexity index is 445. The molecule has 98 valence electrons. The molecule has 0 unspecified atom stereocenters. The molecule has 0 aromatic heterocycles. The summed E-state index contributed by atoms with van der Waals surface area (Å²) in [4.78, 5) is 14.4. The number of piperidine rings is 1. The predicted molar refractivity (Wildman–Crippen MR) is 74.5 cm³/mol. The molecule has 1 aliphatic rings. The number of hydrogen-bond acceptors (Lipinski definition) is 2. The van der Waals surface area contributed by atoms with Crippen LogP contribution in [0.1, 0.15) is 42.6 Å². The predicted octanol–water partition coefficient (Wildman–Crippen LogP) is 2.84. The highest BCUT2D eigenvalue weighted by atomic mass is 16.2. The van der Waals surface area contributed by atoms with Crippen LogP contribution >= 0.6 is 0 Å². The maximum atomic E-state index is 12.5. The molecule has 0 aliphatic carbocycles. The van der Waals surface area contributed by atoms with Crippen LogP contribution in [0.15, 0.2) is 18.2 Å². The molecule has 1 aromatic rings. The minimum Gasteiger partial charge on any atom is -0.399 e. The molecule has 0 spiro atoms. The van der Waals surface area contributed by atoms with E-state index in [-0.39, 0.29) is 11.3 Å². The first-order valence-corrected chi connectivity index (χ1v) is 6.54. The number of anilines is 1. The van der Waals surface area contributed by atoms with Crippen LogP contribution in [0.5, 0.6) is 0 Å². The number of benzene rings is 1. The Morgan fingerprint density at radius 2 is 2.06 bits per heavy atom. The first kappa shape index (κ1) is 12.9. The third kappa shape index (κ3) is 2.84. The van der Waals surface area contributed by atoms with Crippen molar-refractivity contribution in [3.8, 4) is 0 Å². The second-order valence-corrected chi connectivity index (χ2v) is 6.13. The molecule has 0 radical (unpaired) electrons. The number of likely N-dealkylation sites (tertiary alicyclic amines) is 1. The number of carbonyl (C=O) groups is 1. The van der Waals surface area contributed by atoms with Crippen LogP contribution < -0.4 is 5.73 Å². The normalized spacial score (nSPS) is 18.7. The largest absolute Gasteiger partial charge is 0.399 e. The van der Waals surface area contributed by atoms with Gasteiger partial charge < -0.3 is 10.6 Å². The molecule has 1 amide bonds. The highest BCUT2D eigenvalue weighted by molar-refractivity contribution is 5.95. The number of nitrogen functional groups attached to an aromatic ring is 1. The number of rotatable bonds is 1. The van der Waals surface area contributed by atoms with E-state index in [9.17, 15) is 4.79 Å². The Labute approximate surface area is 109 Å². The van der Waals surface area contributed by atoms with Gasteiger partial charge in [0.15, 0.2) is 0 Å². The molecule has 0 atom stereocenters. The van der Waals surface area contributed by atoms with Crippen LogP contribution in [0.4, 0.5) is 5.69 Å². The highest BCUT2D eigenvalue weighted by Gasteiger charge is 2.29. The quantitative estimate of drug-likeness (QED) is 0.774. The Morgan fingerprint density at radius 3 is 2.67 bits per heavy atom. The standard InChI is InChI=1S/C15H22N2O/c1-11-7-12(9-13(16)8-11)14(18)17-6-4-5-15(2,3)10-17/h7-9H,4-6,10,16H2,1-3H3. The van der Waals surface area contributed by atoms with Gasteiger partial charge in [-0.2, -0.15) is 0 Å². The molecule has 1 heterocycles. The van der Waals surface area contributed by atoms with Gasteiger partial charge in [-0.3, -0.25) is 4.79 Å². The lowest BCUT2D eigenvalue weighted by Gasteiger charge is -2.38. The third-order valence-corrected chi connectivity index (χ3v) is 3.53. The topological polar surface area (TPSA) is 46.3 Å². The Hall–Kier alpha value is -1.51. The SMILES string of the molecule is Cc1cc(N)cc(C(=O)N2CCCC(C)(C)C2)c1. The van der Waals surface area contributed by atoms with E-state index in [0.717, 1.165) is 25.1 Å². The summed E-state index contributed by atoms with van der Waals surface area (Å²) in [7, 11) is 0. The van der Waals surface area contributed by atoms with E-state index in [1.54, 1.807) is 6.07 Å². The zero-order chi connectivity index (χ0) is 13.3. The van der Waals surface area contributed by atoms with Gasteiger partial charge in [0, 0.05) is 24.3 Å². The molecule has 1 aliphatic heterocycles. The van der Waals surface area contributed by atoms with Gasteiger partial charge in [-0.25, -0.2) is 0 Å². The Balaban J connectivity index is 2.20. The molecule has 0 bridgehead atoms. The van der Waals surface area contributed by atoms with Crippen molar-refractivity contribution >= 4 is 11.6 Å². The molecule has 18 heavy (non-hydrogen) atoms. The molecule has 3 nitrogen and oxygen atoms in total. The lowest BCUT2D eigenvalue weighted by Crippen LogP contribution is -2.43. The average molecular weight is 246 g/mol. The van der Waals surface area contributed by atoms with E-state index >= 15 is 0 Å². The minimum absolute atomic E-state index is 0.109. The summed E-state index contributed by atoms with van der Waals surface area (Å²) in [6.45, 7) is 8.09. The van der Waals surface area contributed by atoms with E-state index in [4.69, 9.17) is 5.73 Å². The van der Waals surface area contributed by atoms with Crippen LogP contribution in [0, 0.1) is 12.3 Å². The smallest absolute Gasteiger partial charge is 0.253 e. The van der Waals surface area contributed by atoms with Crippen LogP contribution in [-0.4, -0.2) is 23.9 Å². The molecule has 1 fully saturated rings. The second-order valence-electron chi connectivity index (χ2n) is 6.13. The summed E-state index contributed by atoms with van der Waals surface area (Å²) >= 11 is 0. The second kappa shape index (κ2) is 4.63. The maximum absolute atomic E-state index is 12.5. The third-order valence-electron chi connectivity index (χ3n) is 3.53. The van der Waals surface area contributed by atoms with Gasteiger partial charge in [0.25, 0.3) is 5.91 Å². The summed E-state index contributed by atoms with van der Waals surface area (Å²) in [6.07, 6.45) is 2.27. The summed E-state index contributed by atoms with van der Waals surface area (Å²) in [6, 6.07) is 5.58. The van der Waals surface area contributed by atoms with Gasteiger partial charge in [0.05, 0.1) is 0 Å². The molecule has 2 rings (SSSR count). The summed E-state index contributed by atoms with van der Waals surface area (Å²) in [5.41, 5.74) is 8.45. The van der Waals surface area contributed by atoms with Crippen LogP contribution in [-0.2, 0) is 0 Å². The minimum atomic E-state index is 0.109. The summed E-state index contributed by atoms with van der Waals surface area (Å²) < 4.78 is 0. The lowest BCUT2D eigenvalue weighted by atomic mass is 9.84. The Morgan fingerprint density at radius 1 is 1.33 bits per heavy atom. The number of nitrogens with zero attached hydrogens (tertiary/aromatic N) is 1. The van der Waals surface area contributed by atoms with Gasteiger partial charge in [-0.05, 0) is 48.9 Å². The van der Waals surface area contributed by atoms with Crippen LogP contribution in [0.25, 0.3) is 0 Å². The van der Waals surface area contributed by atoms with Gasteiger partial charge in [0.2, 0.25) is 0 Å². The zero-order valence-corrected chi connectivity index (χ0v) is 11.5. The van der Waals surface area contributed by atoms with Crippen molar-refractivity contribution in [1.82, 2.24) is 4.90 Å². The van der Waals surface area contributed by atoms with Crippen molar-refractivity contribution < 1.29 is 4.79 Å². The number of aryl methyl sites for hydroxylation is 1. The van der Waals surface area contributed by atoms with Gasteiger partial charge in [0.1, 0.15) is 0 Å². The monoisotopic (exact) mass is 246 g/mol. The first-order chi connectivity index (χ1) is 8.37. The lowest BCUT2D eigenvalue weighted by molar-refractivity contribution is 0.0583. The van der Waals surface area contributed by atoms with Crippen molar-refractivity contribution in [2.24, 2.45) is 5.41 Å². The van der Waals surface area contributed by atoms with Crippen molar-refractivity contribution in [3.63, 3.8) is 0 Å².